The van der Waals surface area contributed by atoms with Crippen LogP contribution in [0.1, 0.15) is 31.7 Å². The highest BCUT2D eigenvalue weighted by molar-refractivity contribution is 6.07. The van der Waals surface area contributed by atoms with Crippen LogP contribution in [0.15, 0.2) is 29.3 Å². The topological polar surface area (TPSA) is 51.1 Å². The molecule has 2 saturated heterocycles. The molecule has 6 rings (SSSR count). The van der Waals surface area contributed by atoms with Crippen molar-refractivity contribution in [3.63, 3.8) is 0 Å². The number of hydrogen-bond acceptors (Lipinski definition) is 4. The maximum atomic E-state index is 13.4. The van der Waals surface area contributed by atoms with Gasteiger partial charge in [0.15, 0.2) is 0 Å². The molecule has 0 aromatic heterocycles. The Morgan fingerprint density at radius 2 is 2.25 bits per heavy atom. The number of ether oxygens (including phenoxy) is 1. The van der Waals surface area contributed by atoms with Gasteiger partial charge >= 0.3 is 0 Å². The van der Waals surface area contributed by atoms with Crippen molar-refractivity contribution in [2.24, 2.45) is 16.8 Å². The summed E-state index contributed by atoms with van der Waals surface area (Å²) in [6.45, 7) is 2.90. The number of hydroxylamine groups is 1. The lowest BCUT2D eigenvalue weighted by Gasteiger charge is -2.38. The quantitative estimate of drug-likeness (QED) is 0.839. The average molecular weight is 326 g/mol. The van der Waals surface area contributed by atoms with Crippen molar-refractivity contribution in [1.82, 2.24) is 0 Å². The van der Waals surface area contributed by atoms with Crippen molar-refractivity contribution < 1.29 is 14.4 Å². The molecular weight excluding hydrogens is 304 g/mol. The van der Waals surface area contributed by atoms with Crippen LogP contribution in [0.4, 0.5) is 5.69 Å². The number of carbonyl (C=O) groups is 1. The van der Waals surface area contributed by atoms with Crippen molar-refractivity contribution in [3.8, 4) is 0 Å². The lowest BCUT2D eigenvalue weighted by Crippen LogP contribution is -2.51. The first kappa shape index (κ1) is 14.6. The molecule has 0 radical (unpaired) electrons. The second-order valence-electron chi connectivity index (χ2n) is 7.34. The third kappa shape index (κ3) is 1.57. The van der Waals surface area contributed by atoms with E-state index in [4.69, 9.17) is 14.6 Å². The molecule has 1 aliphatic carbocycles. The Balaban J connectivity index is 1.69. The summed E-state index contributed by atoms with van der Waals surface area (Å²) in [4.78, 5) is 23.9. The number of para-hydroxylation sites is 1. The van der Waals surface area contributed by atoms with Crippen LogP contribution in [0, 0.1) is 11.8 Å². The lowest BCUT2D eigenvalue weighted by atomic mass is 9.71. The molecule has 1 amide bonds. The minimum absolute atomic E-state index is 0.0117. The second-order valence-corrected chi connectivity index (χ2v) is 7.34. The molecule has 3 fully saturated rings. The van der Waals surface area contributed by atoms with Gasteiger partial charge in [-0.1, -0.05) is 25.1 Å². The van der Waals surface area contributed by atoms with Crippen LogP contribution < -0.4 is 5.06 Å². The summed E-state index contributed by atoms with van der Waals surface area (Å²) in [5, 5.41) is 1.45. The van der Waals surface area contributed by atoms with Crippen molar-refractivity contribution in [2.75, 3.05) is 18.8 Å². The summed E-state index contributed by atoms with van der Waals surface area (Å²) >= 11 is 0. The molecule has 1 aromatic carbocycles. The number of fused-ring (bicyclic) bond motifs is 2. The fourth-order valence-electron chi connectivity index (χ4n) is 5.46. The van der Waals surface area contributed by atoms with Gasteiger partial charge in [-0.25, -0.2) is 0 Å². The van der Waals surface area contributed by atoms with E-state index < -0.39 is 5.41 Å². The van der Waals surface area contributed by atoms with Crippen LogP contribution in [-0.2, 0) is 19.8 Å². The minimum atomic E-state index is -0.649. The maximum absolute atomic E-state index is 13.4. The van der Waals surface area contributed by atoms with E-state index in [9.17, 15) is 4.79 Å². The van der Waals surface area contributed by atoms with E-state index >= 15 is 0 Å². The Bertz CT molecular complexity index is 746. The van der Waals surface area contributed by atoms with Gasteiger partial charge in [0.2, 0.25) is 0 Å². The van der Waals surface area contributed by atoms with Gasteiger partial charge in [-0.15, -0.1) is 0 Å². The molecule has 1 saturated carbocycles. The highest BCUT2D eigenvalue weighted by atomic mass is 16.7. The molecule has 4 heterocycles. The van der Waals surface area contributed by atoms with E-state index in [0.717, 1.165) is 37.1 Å². The largest absolute Gasteiger partial charge is 0.376 e. The summed E-state index contributed by atoms with van der Waals surface area (Å²) in [5.74, 6) is 0.930. The van der Waals surface area contributed by atoms with E-state index in [-0.39, 0.29) is 18.1 Å². The Kier molecular flexibility index (Phi) is 2.98. The molecule has 5 heteroatoms. The summed E-state index contributed by atoms with van der Waals surface area (Å²) in [7, 11) is 1.56. The average Bonchev–Trinajstić information content (AvgIpc) is 2.96. The van der Waals surface area contributed by atoms with Crippen molar-refractivity contribution in [2.45, 2.75) is 43.7 Å². The zero-order chi connectivity index (χ0) is 16.5. The van der Waals surface area contributed by atoms with E-state index in [1.807, 2.05) is 18.2 Å². The molecule has 5 atom stereocenters. The number of nitrogens with zero attached hydrogens (tertiary/aromatic N) is 2. The summed E-state index contributed by atoms with van der Waals surface area (Å²) in [6, 6.07) is 8.16. The van der Waals surface area contributed by atoms with Gasteiger partial charge in [-0.2, -0.15) is 5.06 Å². The molecule has 1 spiro atoms. The SMILES string of the molecule is CCC1=N[C@H]2C[C@@]3(C(=O)N(OC)c4ccccc43)[C@@H]3C[C@@H]1[C@@H]2CO3. The van der Waals surface area contributed by atoms with Crippen LogP contribution in [0.5, 0.6) is 0 Å². The first-order valence-corrected chi connectivity index (χ1v) is 8.87. The minimum Gasteiger partial charge on any atom is -0.376 e. The molecule has 126 valence electrons. The molecule has 0 N–H and O–H groups in total. The van der Waals surface area contributed by atoms with Gasteiger partial charge < -0.3 is 4.74 Å². The van der Waals surface area contributed by atoms with Gasteiger partial charge in [-0.3, -0.25) is 14.6 Å². The molecular formula is C19H22N2O3. The van der Waals surface area contributed by atoms with E-state index in [1.54, 1.807) is 7.11 Å². The standard InChI is InChI=1S/C19H22N2O3/c1-3-14-11-8-17-19(9-15(20-14)12(11)10-24-17)13-6-4-5-7-16(13)21(23-2)18(19)22/h4-7,11-12,15,17H,3,8-10H2,1-2H3/t11-,12+,15+,17+,19+/m1/s1. The van der Waals surface area contributed by atoms with Crippen LogP contribution in [-0.4, -0.2) is 37.5 Å². The van der Waals surface area contributed by atoms with Crippen molar-refractivity contribution in [3.05, 3.63) is 29.8 Å². The molecule has 5 nitrogen and oxygen atoms in total. The Hall–Kier alpha value is -1.72. The summed E-state index contributed by atoms with van der Waals surface area (Å²) in [5.41, 5.74) is 2.58. The molecule has 5 aliphatic rings. The zero-order valence-corrected chi connectivity index (χ0v) is 14.1. The highest BCUT2D eigenvalue weighted by Crippen LogP contribution is 2.56. The molecule has 24 heavy (non-hydrogen) atoms. The van der Waals surface area contributed by atoms with Crippen molar-refractivity contribution in [1.29, 1.82) is 0 Å². The molecule has 0 unspecified atom stereocenters. The lowest BCUT2D eigenvalue weighted by molar-refractivity contribution is -0.137. The first-order valence-electron chi connectivity index (χ1n) is 8.87. The fraction of sp³-hybridized carbons (Fsp3) is 0.579. The number of anilines is 1. The third-order valence-electron chi connectivity index (χ3n) is 6.52. The smallest absolute Gasteiger partial charge is 0.264 e. The van der Waals surface area contributed by atoms with Gasteiger partial charge in [-0.05, 0) is 30.9 Å². The Morgan fingerprint density at radius 3 is 3.04 bits per heavy atom. The Morgan fingerprint density at radius 1 is 1.42 bits per heavy atom. The predicted octanol–water partition coefficient (Wildman–Crippen LogP) is 2.49. The fourth-order valence-corrected chi connectivity index (χ4v) is 5.46. The monoisotopic (exact) mass is 326 g/mol. The second kappa shape index (κ2) is 4.90. The van der Waals surface area contributed by atoms with Gasteiger partial charge in [0.25, 0.3) is 5.91 Å². The molecule has 4 aliphatic heterocycles. The zero-order valence-electron chi connectivity index (χ0n) is 14.1. The number of benzene rings is 1. The van der Waals surface area contributed by atoms with E-state index in [1.165, 1.54) is 10.8 Å². The number of amides is 1. The molecule has 1 aromatic rings. The summed E-state index contributed by atoms with van der Waals surface area (Å²) in [6.07, 6.45) is 2.55. The normalized spacial score (nSPS) is 39.3. The number of aliphatic imine (C=N–C) groups is 1. The van der Waals surface area contributed by atoms with Crippen LogP contribution >= 0.6 is 0 Å². The number of rotatable bonds is 2. The van der Waals surface area contributed by atoms with Gasteiger partial charge in [0, 0.05) is 17.5 Å². The molecule has 4 bridgehead atoms. The van der Waals surface area contributed by atoms with E-state index in [2.05, 4.69) is 13.0 Å². The number of hydrogen-bond donors (Lipinski definition) is 0. The highest BCUT2D eigenvalue weighted by Gasteiger charge is 2.64. The van der Waals surface area contributed by atoms with Crippen LogP contribution in [0.2, 0.25) is 0 Å². The van der Waals surface area contributed by atoms with Crippen molar-refractivity contribution >= 4 is 17.3 Å². The van der Waals surface area contributed by atoms with E-state index in [0.29, 0.717) is 11.8 Å². The third-order valence-corrected chi connectivity index (χ3v) is 6.52. The van der Waals surface area contributed by atoms with Crippen LogP contribution in [0.3, 0.4) is 0 Å². The predicted molar refractivity (Wildman–Crippen MR) is 90.1 cm³/mol. The number of carbonyl (C=O) groups excluding carboxylic acids is 1. The van der Waals surface area contributed by atoms with Gasteiger partial charge in [0.1, 0.15) is 5.41 Å². The maximum Gasteiger partial charge on any atom is 0.264 e. The first-order chi connectivity index (χ1) is 11.7. The Labute approximate surface area is 141 Å². The summed E-state index contributed by atoms with van der Waals surface area (Å²) < 4.78 is 6.26. The van der Waals surface area contributed by atoms with Crippen LogP contribution in [0.25, 0.3) is 0 Å². The van der Waals surface area contributed by atoms with Gasteiger partial charge in [0.05, 0.1) is 31.5 Å².